The largest absolute Gasteiger partial charge is 0.486 e. The molecular weight excluding hydrogens is 338 g/mol. The standard InChI is InChI=1S/C19H19NO6/c1-3-11-24-15-7-5-14(13-16(15)25-12-4-2)6-10-19(23)26-20-17(21)8-9-18(20)22/h3-7,10,13H,1-2,8-9,11-12H2/b10-6+. The molecular formula is C19H19NO6. The Morgan fingerprint density at radius 1 is 1.04 bits per heavy atom. The number of nitrogens with zero attached hydrogens (tertiary/aromatic N) is 1. The molecule has 1 fully saturated rings. The quantitative estimate of drug-likeness (QED) is 0.384. The molecule has 0 bridgehead atoms. The minimum atomic E-state index is -0.825. The fraction of sp³-hybridized carbons (Fsp3) is 0.211. The summed E-state index contributed by atoms with van der Waals surface area (Å²) >= 11 is 0. The topological polar surface area (TPSA) is 82.1 Å². The van der Waals surface area contributed by atoms with E-state index in [1.54, 1.807) is 30.4 Å². The Bertz CT molecular complexity index is 736. The SMILES string of the molecule is C=CCOc1ccc(/C=C/C(=O)ON2C(=O)CCC2=O)cc1OCC=C. The minimum absolute atomic E-state index is 0.0476. The van der Waals surface area contributed by atoms with Crippen LogP contribution in [0.2, 0.25) is 0 Å². The molecule has 1 aromatic carbocycles. The van der Waals surface area contributed by atoms with Gasteiger partial charge in [0.25, 0.3) is 11.8 Å². The highest BCUT2D eigenvalue weighted by Crippen LogP contribution is 2.29. The van der Waals surface area contributed by atoms with Crippen molar-refractivity contribution in [2.45, 2.75) is 12.8 Å². The van der Waals surface area contributed by atoms with Gasteiger partial charge in [-0.25, -0.2) is 4.79 Å². The number of hydrogen-bond donors (Lipinski definition) is 0. The van der Waals surface area contributed by atoms with Crippen LogP contribution in [0.5, 0.6) is 11.5 Å². The molecule has 0 unspecified atom stereocenters. The summed E-state index contributed by atoms with van der Waals surface area (Å²) in [5.41, 5.74) is 0.644. The Labute approximate surface area is 151 Å². The number of hydroxylamine groups is 2. The van der Waals surface area contributed by atoms with Gasteiger partial charge in [-0.15, -0.1) is 5.06 Å². The molecule has 0 atom stereocenters. The predicted octanol–water partition coefficient (Wildman–Crippen LogP) is 2.44. The van der Waals surface area contributed by atoms with E-state index in [-0.39, 0.29) is 12.8 Å². The molecule has 0 saturated carbocycles. The summed E-state index contributed by atoms with van der Waals surface area (Å²) in [6, 6.07) is 5.09. The molecule has 7 nitrogen and oxygen atoms in total. The number of imide groups is 1. The zero-order chi connectivity index (χ0) is 18.9. The lowest BCUT2D eigenvalue weighted by molar-refractivity contribution is -0.193. The molecule has 1 aliphatic rings. The molecule has 1 aromatic rings. The Kier molecular flexibility index (Phi) is 6.73. The fourth-order valence-corrected chi connectivity index (χ4v) is 2.10. The lowest BCUT2D eigenvalue weighted by atomic mass is 10.2. The average molecular weight is 357 g/mol. The van der Waals surface area contributed by atoms with Crippen LogP contribution in [0.25, 0.3) is 6.08 Å². The zero-order valence-corrected chi connectivity index (χ0v) is 14.2. The number of ether oxygens (including phenoxy) is 2. The van der Waals surface area contributed by atoms with Gasteiger partial charge in [-0.3, -0.25) is 9.59 Å². The molecule has 1 heterocycles. The molecule has 136 valence electrons. The minimum Gasteiger partial charge on any atom is -0.486 e. The van der Waals surface area contributed by atoms with Gasteiger partial charge in [-0.2, -0.15) is 0 Å². The highest BCUT2D eigenvalue weighted by molar-refractivity contribution is 6.02. The second-order valence-electron chi connectivity index (χ2n) is 5.23. The summed E-state index contributed by atoms with van der Waals surface area (Å²) in [4.78, 5) is 39.4. The third kappa shape index (κ3) is 5.07. The van der Waals surface area contributed by atoms with E-state index >= 15 is 0 Å². The zero-order valence-electron chi connectivity index (χ0n) is 14.2. The van der Waals surface area contributed by atoms with Crippen molar-refractivity contribution >= 4 is 23.9 Å². The molecule has 0 aliphatic carbocycles. The summed E-state index contributed by atoms with van der Waals surface area (Å²) < 4.78 is 11.0. The second kappa shape index (κ2) is 9.22. The molecule has 1 aliphatic heterocycles. The van der Waals surface area contributed by atoms with E-state index in [1.807, 2.05) is 0 Å². The van der Waals surface area contributed by atoms with E-state index in [4.69, 9.17) is 14.3 Å². The number of rotatable bonds is 9. The van der Waals surface area contributed by atoms with E-state index in [0.717, 1.165) is 6.08 Å². The van der Waals surface area contributed by atoms with Crippen LogP contribution in [0, 0.1) is 0 Å². The number of hydrogen-bond acceptors (Lipinski definition) is 6. The summed E-state index contributed by atoms with van der Waals surface area (Å²) in [5, 5.41) is 0.498. The average Bonchev–Trinajstić information content (AvgIpc) is 2.95. The first-order valence-electron chi connectivity index (χ1n) is 7.92. The Morgan fingerprint density at radius 2 is 1.65 bits per heavy atom. The van der Waals surface area contributed by atoms with Crippen molar-refractivity contribution in [3.05, 3.63) is 55.1 Å². The molecule has 2 rings (SSSR count). The van der Waals surface area contributed by atoms with E-state index in [2.05, 4.69) is 13.2 Å². The van der Waals surface area contributed by atoms with Gasteiger partial charge in [0.15, 0.2) is 11.5 Å². The van der Waals surface area contributed by atoms with Gasteiger partial charge in [-0.05, 0) is 23.8 Å². The van der Waals surface area contributed by atoms with E-state index in [9.17, 15) is 14.4 Å². The first-order chi connectivity index (χ1) is 12.5. The van der Waals surface area contributed by atoms with Gasteiger partial charge in [0.2, 0.25) is 0 Å². The van der Waals surface area contributed by atoms with Crippen molar-refractivity contribution in [1.82, 2.24) is 5.06 Å². The smallest absolute Gasteiger partial charge is 0.356 e. The summed E-state index contributed by atoms with van der Waals surface area (Å²) in [5.74, 6) is -0.873. The summed E-state index contributed by atoms with van der Waals surface area (Å²) in [7, 11) is 0. The van der Waals surface area contributed by atoms with Crippen molar-refractivity contribution < 1.29 is 28.7 Å². The first kappa shape index (κ1) is 19.0. The Balaban J connectivity index is 2.07. The maximum Gasteiger partial charge on any atom is 0.356 e. The van der Waals surface area contributed by atoms with Crippen LogP contribution in [-0.4, -0.2) is 36.1 Å². The number of benzene rings is 1. The van der Waals surface area contributed by atoms with Crippen molar-refractivity contribution in [3.63, 3.8) is 0 Å². The first-order valence-corrected chi connectivity index (χ1v) is 7.92. The second-order valence-corrected chi connectivity index (χ2v) is 5.23. The third-order valence-electron chi connectivity index (χ3n) is 3.28. The van der Waals surface area contributed by atoms with Crippen LogP contribution in [-0.2, 0) is 19.2 Å². The van der Waals surface area contributed by atoms with Gasteiger partial charge in [0.05, 0.1) is 0 Å². The number of carbonyl (C=O) groups is 3. The molecule has 0 aromatic heterocycles. The monoisotopic (exact) mass is 357 g/mol. The van der Waals surface area contributed by atoms with Crippen LogP contribution in [0.1, 0.15) is 18.4 Å². The molecule has 0 spiro atoms. The van der Waals surface area contributed by atoms with Crippen LogP contribution in [0.15, 0.2) is 49.6 Å². The van der Waals surface area contributed by atoms with Gasteiger partial charge in [0, 0.05) is 18.9 Å². The van der Waals surface area contributed by atoms with Crippen LogP contribution in [0.4, 0.5) is 0 Å². The van der Waals surface area contributed by atoms with Gasteiger partial charge >= 0.3 is 5.97 Å². The van der Waals surface area contributed by atoms with Crippen LogP contribution < -0.4 is 9.47 Å². The van der Waals surface area contributed by atoms with Crippen LogP contribution >= 0.6 is 0 Å². The maximum atomic E-state index is 11.8. The molecule has 1 saturated heterocycles. The lowest BCUT2D eigenvalue weighted by Crippen LogP contribution is -2.31. The van der Waals surface area contributed by atoms with Crippen molar-refractivity contribution in [1.29, 1.82) is 0 Å². The molecule has 26 heavy (non-hydrogen) atoms. The highest BCUT2D eigenvalue weighted by atomic mass is 16.7. The van der Waals surface area contributed by atoms with Crippen LogP contribution in [0.3, 0.4) is 0 Å². The van der Waals surface area contributed by atoms with Gasteiger partial charge < -0.3 is 14.3 Å². The van der Waals surface area contributed by atoms with Crippen molar-refractivity contribution in [2.75, 3.05) is 13.2 Å². The predicted molar refractivity (Wildman–Crippen MR) is 94.0 cm³/mol. The normalized spacial score (nSPS) is 13.8. The van der Waals surface area contributed by atoms with Crippen molar-refractivity contribution in [3.8, 4) is 11.5 Å². The van der Waals surface area contributed by atoms with E-state index < -0.39 is 17.8 Å². The number of carbonyl (C=O) groups excluding carboxylic acids is 3. The molecule has 7 heteroatoms. The van der Waals surface area contributed by atoms with Gasteiger partial charge in [-0.1, -0.05) is 31.4 Å². The molecule has 0 radical (unpaired) electrons. The van der Waals surface area contributed by atoms with E-state index in [0.29, 0.717) is 35.3 Å². The summed E-state index contributed by atoms with van der Waals surface area (Å²) in [6.07, 6.45) is 5.91. The molecule has 2 amide bonds. The third-order valence-corrected chi connectivity index (χ3v) is 3.28. The Hall–Kier alpha value is -3.35. The maximum absolute atomic E-state index is 11.8. The summed E-state index contributed by atoms with van der Waals surface area (Å²) in [6.45, 7) is 7.80. The van der Waals surface area contributed by atoms with Crippen molar-refractivity contribution in [2.24, 2.45) is 0 Å². The number of amides is 2. The Morgan fingerprint density at radius 3 is 2.27 bits per heavy atom. The fourth-order valence-electron chi connectivity index (χ4n) is 2.10. The molecule has 0 N–H and O–H groups in total. The lowest BCUT2D eigenvalue weighted by Gasteiger charge is -2.12. The van der Waals surface area contributed by atoms with Gasteiger partial charge in [0.1, 0.15) is 13.2 Å². The highest BCUT2D eigenvalue weighted by Gasteiger charge is 2.32. The van der Waals surface area contributed by atoms with E-state index in [1.165, 1.54) is 6.08 Å².